The van der Waals surface area contributed by atoms with Crippen LogP contribution in [0.5, 0.6) is 0 Å². The quantitative estimate of drug-likeness (QED) is 0.847. The zero-order valence-corrected chi connectivity index (χ0v) is 11.3. The fourth-order valence-electron chi connectivity index (χ4n) is 2.14. The first-order valence-electron chi connectivity index (χ1n) is 6.42. The van der Waals surface area contributed by atoms with Crippen molar-refractivity contribution in [2.45, 2.75) is 12.6 Å². The zero-order chi connectivity index (χ0) is 16.3. The van der Waals surface area contributed by atoms with Crippen LogP contribution in [0, 0.1) is 5.92 Å². The molecule has 2 rings (SSSR count). The summed E-state index contributed by atoms with van der Waals surface area (Å²) in [6.45, 7) is 0.891. The van der Waals surface area contributed by atoms with Crippen molar-refractivity contribution >= 4 is 17.7 Å². The van der Waals surface area contributed by atoms with Gasteiger partial charge in [0.2, 0.25) is 0 Å². The van der Waals surface area contributed by atoms with Crippen LogP contribution in [0.15, 0.2) is 12.4 Å². The number of nitrogens with zero attached hydrogens (tertiary/aromatic N) is 3. The number of anilines is 1. The number of hydrogen-bond donors (Lipinski definition) is 2. The summed E-state index contributed by atoms with van der Waals surface area (Å²) in [6.07, 6.45) is -1.85. The van der Waals surface area contributed by atoms with Crippen LogP contribution >= 0.6 is 0 Å². The van der Waals surface area contributed by atoms with E-state index in [-0.39, 0.29) is 18.2 Å². The Hall–Kier alpha value is -2.39. The van der Waals surface area contributed by atoms with Crippen molar-refractivity contribution < 1.29 is 27.9 Å². The van der Waals surface area contributed by atoms with E-state index in [9.17, 15) is 22.8 Å². The smallest absolute Gasteiger partial charge is 0.471 e. The third-order valence-corrected chi connectivity index (χ3v) is 3.28. The second-order valence-corrected chi connectivity index (χ2v) is 4.87. The van der Waals surface area contributed by atoms with Gasteiger partial charge in [0, 0.05) is 19.6 Å². The Balaban J connectivity index is 1.87. The number of carboxylic acids is 1. The topological polar surface area (TPSA) is 95.4 Å². The van der Waals surface area contributed by atoms with Gasteiger partial charge in [-0.05, 0) is 12.3 Å². The summed E-state index contributed by atoms with van der Waals surface area (Å²) in [5, 5.41) is 10.6. The normalized spacial score (nSPS) is 18.3. The first-order chi connectivity index (χ1) is 10.3. The van der Waals surface area contributed by atoms with Crippen molar-refractivity contribution in [2.75, 3.05) is 24.5 Å². The number of carbonyl (C=O) groups is 2. The van der Waals surface area contributed by atoms with Gasteiger partial charge in [0.1, 0.15) is 5.82 Å². The molecule has 0 aromatic carbocycles. The number of hydrogen-bond acceptors (Lipinski definition) is 5. The molecular formula is C12H13F3N4O3. The molecular weight excluding hydrogens is 305 g/mol. The number of alkyl halides is 3. The largest absolute Gasteiger partial charge is 0.476 e. The van der Waals surface area contributed by atoms with Gasteiger partial charge >= 0.3 is 18.1 Å². The summed E-state index contributed by atoms with van der Waals surface area (Å²) in [6, 6.07) is 0. The molecule has 1 aliphatic rings. The highest BCUT2D eigenvalue weighted by molar-refractivity contribution is 5.85. The molecule has 1 aliphatic heterocycles. The Morgan fingerprint density at radius 2 is 2.09 bits per heavy atom. The molecule has 2 N–H and O–H groups in total. The third kappa shape index (κ3) is 3.83. The SMILES string of the molecule is O=C(O)c1cnc(N2CCC(CNC(=O)C(F)(F)F)C2)cn1. The molecule has 2 heterocycles. The predicted octanol–water partition coefficient (Wildman–Crippen LogP) is 0.680. The van der Waals surface area contributed by atoms with Gasteiger partial charge in [0.05, 0.1) is 12.4 Å². The van der Waals surface area contributed by atoms with E-state index in [1.165, 1.54) is 6.20 Å². The van der Waals surface area contributed by atoms with Gasteiger partial charge in [-0.3, -0.25) is 4.79 Å². The lowest BCUT2D eigenvalue weighted by atomic mass is 10.1. The Kier molecular flexibility index (Phi) is 4.48. The Morgan fingerprint density at radius 3 is 2.64 bits per heavy atom. The van der Waals surface area contributed by atoms with Crippen molar-refractivity contribution in [3.8, 4) is 0 Å². The molecule has 1 atom stereocenters. The summed E-state index contributed by atoms with van der Waals surface area (Å²) < 4.78 is 36.2. The van der Waals surface area contributed by atoms with Crippen molar-refractivity contribution in [3.05, 3.63) is 18.1 Å². The van der Waals surface area contributed by atoms with Gasteiger partial charge in [0.25, 0.3) is 0 Å². The van der Waals surface area contributed by atoms with Crippen LogP contribution in [0.25, 0.3) is 0 Å². The molecule has 1 aromatic heterocycles. The Bertz CT molecular complexity index is 562. The zero-order valence-electron chi connectivity index (χ0n) is 11.3. The van der Waals surface area contributed by atoms with Gasteiger partial charge < -0.3 is 15.3 Å². The van der Waals surface area contributed by atoms with Gasteiger partial charge in [-0.1, -0.05) is 0 Å². The van der Waals surface area contributed by atoms with Crippen molar-refractivity contribution in [3.63, 3.8) is 0 Å². The van der Waals surface area contributed by atoms with Crippen LogP contribution in [0.4, 0.5) is 19.0 Å². The number of aromatic carboxylic acids is 1. The number of amides is 1. The number of aromatic nitrogens is 2. The van der Waals surface area contributed by atoms with Crippen LogP contribution in [0.1, 0.15) is 16.9 Å². The van der Waals surface area contributed by atoms with Crippen molar-refractivity contribution in [1.82, 2.24) is 15.3 Å². The van der Waals surface area contributed by atoms with Gasteiger partial charge in [-0.25, -0.2) is 14.8 Å². The minimum atomic E-state index is -4.88. The molecule has 7 nitrogen and oxygen atoms in total. The number of carboxylic acid groups (broad SMARTS) is 1. The second kappa shape index (κ2) is 6.16. The Labute approximate surface area is 123 Å². The van der Waals surface area contributed by atoms with E-state index in [0.29, 0.717) is 25.3 Å². The molecule has 10 heteroatoms. The number of nitrogens with one attached hydrogen (secondary N) is 1. The lowest BCUT2D eigenvalue weighted by Gasteiger charge is -2.17. The van der Waals surface area contributed by atoms with E-state index in [4.69, 9.17) is 5.11 Å². The lowest BCUT2D eigenvalue weighted by Crippen LogP contribution is -2.39. The summed E-state index contributed by atoms with van der Waals surface area (Å²) in [4.78, 5) is 30.9. The maximum Gasteiger partial charge on any atom is 0.471 e. The fourth-order valence-corrected chi connectivity index (χ4v) is 2.14. The van der Waals surface area contributed by atoms with Crippen LogP contribution in [-0.2, 0) is 4.79 Å². The molecule has 120 valence electrons. The standard InChI is InChI=1S/C12H13F3N4O3/c13-12(14,15)11(22)18-3-7-1-2-19(6-7)9-5-16-8(4-17-9)10(20)21/h4-5,7H,1-3,6H2,(H,18,22)(H,20,21). The molecule has 22 heavy (non-hydrogen) atoms. The second-order valence-electron chi connectivity index (χ2n) is 4.87. The van der Waals surface area contributed by atoms with Crippen molar-refractivity contribution in [2.24, 2.45) is 5.92 Å². The molecule has 1 unspecified atom stereocenters. The lowest BCUT2D eigenvalue weighted by molar-refractivity contribution is -0.173. The van der Waals surface area contributed by atoms with Crippen molar-refractivity contribution in [1.29, 1.82) is 0 Å². The summed E-state index contributed by atoms with van der Waals surface area (Å²) in [5.74, 6) is -2.81. The minimum absolute atomic E-state index is 0.0739. The van der Waals surface area contributed by atoms with E-state index in [0.717, 1.165) is 6.20 Å². The predicted molar refractivity (Wildman–Crippen MR) is 68.4 cm³/mol. The van der Waals surface area contributed by atoms with E-state index >= 15 is 0 Å². The Morgan fingerprint density at radius 1 is 1.36 bits per heavy atom. The molecule has 1 amide bonds. The average molecular weight is 318 g/mol. The van der Waals surface area contributed by atoms with Crippen LogP contribution in [0.3, 0.4) is 0 Å². The van der Waals surface area contributed by atoms with Crippen LogP contribution < -0.4 is 10.2 Å². The molecule has 1 aromatic rings. The highest BCUT2D eigenvalue weighted by atomic mass is 19.4. The minimum Gasteiger partial charge on any atom is -0.476 e. The average Bonchev–Trinajstić information content (AvgIpc) is 2.92. The van der Waals surface area contributed by atoms with Gasteiger partial charge in [-0.15, -0.1) is 0 Å². The summed E-state index contributed by atoms with van der Waals surface area (Å²) >= 11 is 0. The van der Waals surface area contributed by atoms with E-state index in [2.05, 4.69) is 9.97 Å². The maximum absolute atomic E-state index is 12.1. The first kappa shape index (κ1) is 16.0. The van der Waals surface area contributed by atoms with E-state index in [1.807, 2.05) is 5.32 Å². The van der Waals surface area contributed by atoms with E-state index in [1.54, 1.807) is 4.90 Å². The van der Waals surface area contributed by atoms with E-state index < -0.39 is 18.1 Å². The third-order valence-electron chi connectivity index (χ3n) is 3.28. The summed E-state index contributed by atoms with van der Waals surface area (Å²) in [7, 11) is 0. The molecule has 1 saturated heterocycles. The van der Waals surface area contributed by atoms with Gasteiger partial charge in [0.15, 0.2) is 5.69 Å². The highest BCUT2D eigenvalue weighted by Crippen LogP contribution is 2.21. The highest BCUT2D eigenvalue weighted by Gasteiger charge is 2.39. The molecule has 0 saturated carbocycles. The summed E-state index contributed by atoms with van der Waals surface area (Å²) in [5.41, 5.74) is -0.183. The first-order valence-corrected chi connectivity index (χ1v) is 6.42. The molecule has 0 bridgehead atoms. The molecule has 0 aliphatic carbocycles. The fraction of sp³-hybridized carbons (Fsp3) is 0.500. The van der Waals surface area contributed by atoms with Gasteiger partial charge in [-0.2, -0.15) is 13.2 Å². The number of carbonyl (C=O) groups excluding carboxylic acids is 1. The maximum atomic E-state index is 12.1. The monoisotopic (exact) mass is 318 g/mol. The molecule has 0 radical (unpaired) electrons. The molecule has 0 spiro atoms. The number of rotatable bonds is 4. The number of halogens is 3. The molecule has 1 fully saturated rings. The van der Waals surface area contributed by atoms with Crippen LogP contribution in [0.2, 0.25) is 0 Å². The van der Waals surface area contributed by atoms with Crippen LogP contribution in [-0.4, -0.2) is 52.8 Å².